The Kier molecular flexibility index (Phi) is 6.00. The maximum atomic E-state index is 13.5. The third kappa shape index (κ3) is 5.24. The number of allylic oxidation sites excluding steroid dienone is 1. The van der Waals surface area contributed by atoms with Gasteiger partial charge >= 0.3 is 6.03 Å². The van der Waals surface area contributed by atoms with Crippen molar-refractivity contribution in [2.24, 2.45) is 0 Å². The molecule has 4 nitrogen and oxygen atoms in total. The van der Waals surface area contributed by atoms with Crippen molar-refractivity contribution in [2.75, 3.05) is 5.32 Å². The topological polar surface area (TPSA) is 58.2 Å². The van der Waals surface area contributed by atoms with Gasteiger partial charge in [-0.3, -0.25) is 4.79 Å². The molecular weight excluding hydrogens is 326 g/mol. The molecule has 0 atom stereocenters. The third-order valence-corrected chi connectivity index (χ3v) is 3.25. The summed E-state index contributed by atoms with van der Waals surface area (Å²) in [6.45, 7) is 3.68. The lowest BCUT2D eigenvalue weighted by Gasteiger charge is -2.10. The van der Waals surface area contributed by atoms with E-state index in [1.165, 1.54) is 18.2 Å². The summed E-state index contributed by atoms with van der Waals surface area (Å²) >= 11 is 0. The molecule has 0 heterocycles. The van der Waals surface area contributed by atoms with Gasteiger partial charge in [-0.25, -0.2) is 13.6 Å². The molecule has 130 valence electrons. The zero-order valence-electron chi connectivity index (χ0n) is 13.8. The fourth-order valence-electron chi connectivity index (χ4n) is 2.07. The van der Waals surface area contributed by atoms with Crippen LogP contribution in [0.2, 0.25) is 0 Å². The number of urea groups is 1. The van der Waals surface area contributed by atoms with Gasteiger partial charge in [0.2, 0.25) is 0 Å². The highest BCUT2D eigenvalue weighted by atomic mass is 19.1. The number of amides is 2. The molecule has 0 aliphatic rings. The Morgan fingerprint density at radius 2 is 1.60 bits per heavy atom. The average molecular weight is 344 g/mol. The summed E-state index contributed by atoms with van der Waals surface area (Å²) in [5, 5.41) is 5.31. The van der Waals surface area contributed by atoms with Crippen LogP contribution in [0.5, 0.6) is 0 Å². The molecule has 0 bridgehead atoms. The number of ketones is 1. The summed E-state index contributed by atoms with van der Waals surface area (Å²) in [6.07, 6.45) is 2.21. The van der Waals surface area contributed by atoms with Crippen LogP contribution in [-0.2, 0) is 0 Å². The van der Waals surface area contributed by atoms with Crippen molar-refractivity contribution < 1.29 is 18.4 Å². The van der Waals surface area contributed by atoms with E-state index in [0.29, 0.717) is 11.3 Å². The molecule has 0 aliphatic heterocycles. The first-order valence-electron chi connectivity index (χ1n) is 7.71. The molecule has 2 amide bonds. The zero-order valence-corrected chi connectivity index (χ0v) is 13.8. The third-order valence-electron chi connectivity index (χ3n) is 3.25. The smallest absolute Gasteiger partial charge is 0.319 e. The SMILES string of the molecule is CC(C)NC(=O)Nc1ccc(C(=O)/C=C/c2c(F)cccc2F)cc1. The highest BCUT2D eigenvalue weighted by Crippen LogP contribution is 2.15. The lowest BCUT2D eigenvalue weighted by Crippen LogP contribution is -2.34. The summed E-state index contributed by atoms with van der Waals surface area (Å²) in [7, 11) is 0. The van der Waals surface area contributed by atoms with E-state index < -0.39 is 17.4 Å². The molecular formula is C19H18F2N2O2. The average Bonchev–Trinajstić information content (AvgIpc) is 2.54. The molecule has 2 rings (SSSR count). The minimum absolute atomic E-state index is 0.00441. The lowest BCUT2D eigenvalue weighted by atomic mass is 10.1. The largest absolute Gasteiger partial charge is 0.336 e. The molecule has 2 N–H and O–H groups in total. The van der Waals surface area contributed by atoms with Crippen LogP contribution in [0.15, 0.2) is 48.5 Å². The zero-order chi connectivity index (χ0) is 18.4. The lowest BCUT2D eigenvalue weighted by molar-refractivity contribution is 0.104. The van der Waals surface area contributed by atoms with Gasteiger partial charge in [-0.05, 0) is 62.4 Å². The van der Waals surface area contributed by atoms with E-state index in [4.69, 9.17) is 0 Å². The number of anilines is 1. The fourth-order valence-corrected chi connectivity index (χ4v) is 2.07. The van der Waals surface area contributed by atoms with Gasteiger partial charge in [0.05, 0.1) is 0 Å². The number of carbonyl (C=O) groups excluding carboxylic acids is 2. The highest BCUT2D eigenvalue weighted by Gasteiger charge is 2.08. The van der Waals surface area contributed by atoms with Crippen molar-refractivity contribution in [3.05, 3.63) is 71.3 Å². The van der Waals surface area contributed by atoms with Gasteiger partial charge < -0.3 is 10.6 Å². The van der Waals surface area contributed by atoms with Crippen LogP contribution in [0.1, 0.15) is 29.8 Å². The standard InChI is InChI=1S/C19H18F2N2O2/c1-12(2)22-19(25)23-14-8-6-13(7-9-14)18(24)11-10-15-16(20)4-3-5-17(15)21/h3-12H,1-2H3,(H2,22,23,25)/b11-10+. The number of hydrogen-bond donors (Lipinski definition) is 2. The highest BCUT2D eigenvalue weighted by molar-refractivity contribution is 6.07. The van der Waals surface area contributed by atoms with E-state index in [1.807, 2.05) is 13.8 Å². The van der Waals surface area contributed by atoms with Crippen LogP contribution in [0, 0.1) is 11.6 Å². The quantitative estimate of drug-likeness (QED) is 0.624. The normalized spacial score (nSPS) is 10.9. The molecule has 0 saturated heterocycles. The van der Waals surface area contributed by atoms with Crippen molar-refractivity contribution in [3.63, 3.8) is 0 Å². The van der Waals surface area contributed by atoms with E-state index in [0.717, 1.165) is 24.3 Å². The minimum atomic E-state index is -0.736. The first-order valence-corrected chi connectivity index (χ1v) is 7.71. The predicted octanol–water partition coefficient (Wildman–Crippen LogP) is 4.39. The molecule has 0 saturated carbocycles. The van der Waals surface area contributed by atoms with Crippen molar-refractivity contribution in [1.82, 2.24) is 5.32 Å². The number of benzene rings is 2. The van der Waals surface area contributed by atoms with Crippen LogP contribution in [0.3, 0.4) is 0 Å². The fraction of sp³-hybridized carbons (Fsp3) is 0.158. The maximum Gasteiger partial charge on any atom is 0.319 e. The van der Waals surface area contributed by atoms with Crippen molar-refractivity contribution in [2.45, 2.75) is 19.9 Å². The number of nitrogens with one attached hydrogen (secondary N) is 2. The van der Waals surface area contributed by atoms with E-state index in [1.54, 1.807) is 12.1 Å². The molecule has 2 aromatic rings. The van der Waals surface area contributed by atoms with Gasteiger partial charge in [0, 0.05) is 22.9 Å². The molecule has 2 aromatic carbocycles. The van der Waals surface area contributed by atoms with Gasteiger partial charge in [0.25, 0.3) is 0 Å². The summed E-state index contributed by atoms with van der Waals surface area (Å²) in [4.78, 5) is 23.7. The van der Waals surface area contributed by atoms with Crippen LogP contribution in [0.4, 0.5) is 19.3 Å². The first-order chi connectivity index (χ1) is 11.9. The van der Waals surface area contributed by atoms with Gasteiger partial charge in [-0.2, -0.15) is 0 Å². The Balaban J connectivity index is 2.05. The monoisotopic (exact) mass is 344 g/mol. The number of carbonyl (C=O) groups is 2. The van der Waals surface area contributed by atoms with Crippen LogP contribution >= 0.6 is 0 Å². The van der Waals surface area contributed by atoms with Crippen molar-refractivity contribution in [1.29, 1.82) is 0 Å². The van der Waals surface area contributed by atoms with Gasteiger partial charge in [0.1, 0.15) is 11.6 Å². The van der Waals surface area contributed by atoms with Gasteiger partial charge in [-0.15, -0.1) is 0 Å². The Morgan fingerprint density at radius 1 is 1.00 bits per heavy atom. The van der Waals surface area contributed by atoms with E-state index in [2.05, 4.69) is 10.6 Å². The maximum absolute atomic E-state index is 13.5. The molecule has 6 heteroatoms. The predicted molar refractivity (Wildman–Crippen MR) is 93.5 cm³/mol. The Bertz CT molecular complexity index is 779. The Hall–Kier alpha value is -3.02. The minimum Gasteiger partial charge on any atom is -0.336 e. The summed E-state index contributed by atoms with van der Waals surface area (Å²) in [6, 6.07) is 9.35. The second-order valence-corrected chi connectivity index (χ2v) is 5.66. The molecule has 25 heavy (non-hydrogen) atoms. The Morgan fingerprint density at radius 3 is 2.16 bits per heavy atom. The van der Waals surface area contributed by atoms with Crippen LogP contribution in [0.25, 0.3) is 6.08 Å². The molecule has 0 fully saturated rings. The Labute approximate surface area is 144 Å². The van der Waals surface area contributed by atoms with Crippen molar-refractivity contribution in [3.8, 4) is 0 Å². The van der Waals surface area contributed by atoms with E-state index >= 15 is 0 Å². The second kappa shape index (κ2) is 8.19. The summed E-state index contributed by atoms with van der Waals surface area (Å²) in [5.41, 5.74) is 0.598. The van der Waals surface area contributed by atoms with E-state index in [9.17, 15) is 18.4 Å². The molecule has 0 aromatic heterocycles. The number of halogens is 2. The van der Waals surface area contributed by atoms with Gasteiger partial charge in [-0.1, -0.05) is 6.07 Å². The molecule has 0 unspecified atom stereocenters. The molecule has 0 radical (unpaired) electrons. The van der Waals surface area contributed by atoms with Gasteiger partial charge in [0.15, 0.2) is 5.78 Å². The summed E-state index contributed by atoms with van der Waals surface area (Å²) in [5.74, 6) is -1.87. The number of rotatable bonds is 5. The van der Waals surface area contributed by atoms with Crippen LogP contribution < -0.4 is 10.6 Å². The van der Waals surface area contributed by atoms with Crippen molar-refractivity contribution >= 4 is 23.6 Å². The molecule has 0 spiro atoms. The van der Waals surface area contributed by atoms with E-state index in [-0.39, 0.29) is 17.6 Å². The summed E-state index contributed by atoms with van der Waals surface area (Å²) < 4.78 is 27.0. The van der Waals surface area contributed by atoms with Crippen LogP contribution in [-0.4, -0.2) is 17.9 Å². The molecule has 0 aliphatic carbocycles. The second-order valence-electron chi connectivity index (χ2n) is 5.66. The number of hydrogen-bond acceptors (Lipinski definition) is 2. The first kappa shape index (κ1) is 18.3.